The third kappa shape index (κ3) is 6.46. The number of thiophene rings is 1. The first-order valence-electron chi connectivity index (χ1n) is 12.9. The van der Waals surface area contributed by atoms with E-state index in [0.717, 1.165) is 21.4 Å². The van der Waals surface area contributed by atoms with Gasteiger partial charge in [-0.05, 0) is 70.1 Å². The van der Waals surface area contributed by atoms with Gasteiger partial charge in [-0.2, -0.15) is 4.68 Å². The number of rotatable bonds is 8. The second kappa shape index (κ2) is 12.9. The molecule has 2 aromatic carbocycles. The fourth-order valence-corrected chi connectivity index (χ4v) is 5.06. The fourth-order valence-electron chi connectivity index (χ4n) is 4.08. The van der Waals surface area contributed by atoms with Gasteiger partial charge in [-0.25, -0.2) is 19.9 Å². The van der Waals surface area contributed by atoms with Crippen LogP contribution in [0, 0.1) is 6.92 Å². The molecule has 0 aliphatic rings. The Morgan fingerprint density at radius 2 is 1.65 bits per heavy atom. The first-order valence-corrected chi connectivity index (χ1v) is 13.7. The minimum Gasteiger partial charge on any atom is -0.347 e. The van der Waals surface area contributed by atoms with E-state index in [1.807, 2.05) is 45.0 Å². The third-order valence-electron chi connectivity index (χ3n) is 6.02. The van der Waals surface area contributed by atoms with Gasteiger partial charge >= 0.3 is 5.69 Å². The number of hydrogen-bond acceptors (Lipinski definition) is 8. The molecule has 206 valence electrons. The first kappa shape index (κ1) is 28.3. The van der Waals surface area contributed by atoms with E-state index in [0.29, 0.717) is 18.7 Å². The van der Waals surface area contributed by atoms with Crippen LogP contribution in [0.2, 0.25) is 0 Å². The first-order chi connectivity index (χ1) is 19.4. The van der Waals surface area contributed by atoms with E-state index in [1.54, 1.807) is 17.4 Å². The average molecular weight is 559 g/mol. The van der Waals surface area contributed by atoms with E-state index < -0.39 is 17.5 Å². The number of nitrogens with zero attached hydrogens (tertiary/aromatic N) is 5. The lowest BCUT2D eigenvalue weighted by Gasteiger charge is -2.11. The molecule has 3 N–H and O–H groups in total. The van der Waals surface area contributed by atoms with Gasteiger partial charge in [-0.15, -0.1) is 11.3 Å². The highest BCUT2D eigenvalue weighted by Crippen LogP contribution is 2.25. The number of fused-ring (bicyclic) bond motifs is 1. The highest BCUT2D eigenvalue weighted by atomic mass is 32.1. The highest BCUT2D eigenvalue weighted by Gasteiger charge is 2.14. The maximum absolute atomic E-state index is 12.8. The number of carbonyl (C=O) groups excluding carboxylic acids is 2. The maximum Gasteiger partial charge on any atom is 0.365 e. The van der Waals surface area contributed by atoms with Gasteiger partial charge in [0, 0.05) is 28.7 Å². The Morgan fingerprint density at radius 1 is 0.925 bits per heavy atom. The number of amides is 2. The van der Waals surface area contributed by atoms with Crippen LogP contribution in [0.5, 0.6) is 0 Å². The predicted octanol–water partition coefficient (Wildman–Crippen LogP) is 3.72. The molecule has 5 rings (SSSR count). The van der Waals surface area contributed by atoms with Crippen LogP contribution in [0.25, 0.3) is 15.8 Å². The summed E-state index contributed by atoms with van der Waals surface area (Å²) < 4.78 is 2.33. The molecular formula is C28H30N8O3S. The minimum absolute atomic E-state index is 0.0875. The van der Waals surface area contributed by atoms with Crippen molar-refractivity contribution in [1.82, 2.24) is 40.8 Å². The molecule has 5 aromatic rings. The van der Waals surface area contributed by atoms with Gasteiger partial charge in [-0.3, -0.25) is 9.59 Å². The number of aromatic nitrogens is 6. The summed E-state index contributed by atoms with van der Waals surface area (Å²) in [6.45, 7) is 8.63. The zero-order valence-corrected chi connectivity index (χ0v) is 23.5. The molecule has 2 amide bonds. The zero-order chi connectivity index (χ0) is 28.6. The number of nitrogens with one attached hydrogen (secondary N) is 3. The minimum atomic E-state index is -0.435. The van der Waals surface area contributed by atoms with Crippen molar-refractivity contribution in [2.45, 2.75) is 47.2 Å². The Hall–Kier alpha value is -4.71. The number of hydrogen-bond donors (Lipinski definition) is 3. The monoisotopic (exact) mass is 558 g/mol. The molecule has 0 aliphatic carbocycles. The van der Waals surface area contributed by atoms with Gasteiger partial charge in [0.05, 0.1) is 5.69 Å². The lowest BCUT2D eigenvalue weighted by molar-refractivity contribution is 0.0944. The van der Waals surface area contributed by atoms with Gasteiger partial charge in [0.1, 0.15) is 17.7 Å². The van der Waals surface area contributed by atoms with Crippen molar-refractivity contribution in [3.8, 4) is 5.69 Å². The molecule has 0 saturated carbocycles. The Bertz CT molecular complexity index is 1710. The molecule has 0 unspecified atom stereocenters. The Labute approximate surface area is 234 Å². The number of benzene rings is 2. The summed E-state index contributed by atoms with van der Waals surface area (Å²) in [7, 11) is 0. The van der Waals surface area contributed by atoms with Crippen LogP contribution in [0.15, 0.2) is 59.7 Å². The molecule has 0 radical (unpaired) electrons. The molecule has 3 aromatic heterocycles. The molecule has 0 bridgehead atoms. The maximum atomic E-state index is 12.8. The summed E-state index contributed by atoms with van der Waals surface area (Å²) in [5.74, 6) is -0.824. The molecule has 40 heavy (non-hydrogen) atoms. The summed E-state index contributed by atoms with van der Waals surface area (Å²) in [5.41, 5.74) is 3.13. The van der Waals surface area contributed by atoms with Gasteiger partial charge in [0.25, 0.3) is 11.8 Å². The lowest BCUT2D eigenvalue weighted by atomic mass is 10.0. The smallest absolute Gasteiger partial charge is 0.347 e. The van der Waals surface area contributed by atoms with Crippen LogP contribution in [-0.2, 0) is 19.5 Å². The van der Waals surface area contributed by atoms with E-state index >= 15 is 0 Å². The normalized spacial score (nSPS) is 10.6. The van der Waals surface area contributed by atoms with E-state index in [1.165, 1.54) is 27.4 Å². The average Bonchev–Trinajstić information content (AvgIpc) is 3.59. The van der Waals surface area contributed by atoms with Gasteiger partial charge in [0.2, 0.25) is 0 Å². The lowest BCUT2D eigenvalue weighted by Crippen LogP contribution is -2.27. The molecular weight excluding hydrogens is 528 g/mol. The fraction of sp³-hybridized carbons (Fsp3) is 0.250. The quantitative estimate of drug-likeness (QED) is 0.263. The number of H-pyrrole nitrogens is 1. The van der Waals surface area contributed by atoms with Crippen LogP contribution >= 0.6 is 11.3 Å². The largest absolute Gasteiger partial charge is 0.365 e. The van der Waals surface area contributed by atoms with Crippen molar-refractivity contribution in [2.24, 2.45) is 0 Å². The van der Waals surface area contributed by atoms with Crippen molar-refractivity contribution in [3.63, 3.8) is 0 Å². The van der Waals surface area contributed by atoms with Crippen LogP contribution in [0.4, 0.5) is 0 Å². The van der Waals surface area contributed by atoms with Gasteiger partial charge in [-0.1, -0.05) is 39.0 Å². The van der Waals surface area contributed by atoms with E-state index in [2.05, 4.69) is 55.2 Å². The zero-order valence-electron chi connectivity index (χ0n) is 22.7. The molecule has 0 spiro atoms. The summed E-state index contributed by atoms with van der Waals surface area (Å²) in [6.07, 6.45) is 1.88. The Kier molecular flexibility index (Phi) is 9.12. The van der Waals surface area contributed by atoms with E-state index in [-0.39, 0.29) is 17.9 Å². The predicted molar refractivity (Wildman–Crippen MR) is 154 cm³/mol. The Balaban J connectivity index is 0.00000181. The molecule has 0 saturated heterocycles. The summed E-state index contributed by atoms with van der Waals surface area (Å²) in [4.78, 5) is 46.6. The highest BCUT2D eigenvalue weighted by molar-refractivity contribution is 7.19. The molecule has 0 atom stereocenters. The van der Waals surface area contributed by atoms with Crippen molar-refractivity contribution in [1.29, 1.82) is 0 Å². The molecule has 12 heteroatoms. The Morgan fingerprint density at radius 3 is 2.33 bits per heavy atom. The molecule has 3 heterocycles. The van der Waals surface area contributed by atoms with E-state index in [4.69, 9.17) is 0 Å². The van der Waals surface area contributed by atoms with E-state index in [9.17, 15) is 14.4 Å². The van der Waals surface area contributed by atoms with Crippen LogP contribution in [0.3, 0.4) is 0 Å². The number of aryl methyl sites for hydroxylation is 2. The molecule has 0 aliphatic heterocycles. The van der Waals surface area contributed by atoms with Crippen LogP contribution in [0.1, 0.15) is 63.3 Å². The van der Waals surface area contributed by atoms with Crippen molar-refractivity contribution < 1.29 is 9.59 Å². The molecule has 11 nitrogen and oxygen atoms in total. The second-order valence-corrected chi connectivity index (χ2v) is 9.90. The summed E-state index contributed by atoms with van der Waals surface area (Å²) in [5, 5.41) is 16.4. The van der Waals surface area contributed by atoms with Crippen LogP contribution in [-0.4, -0.2) is 42.0 Å². The van der Waals surface area contributed by atoms with Crippen LogP contribution < -0.4 is 16.3 Å². The van der Waals surface area contributed by atoms with Crippen molar-refractivity contribution in [2.75, 3.05) is 0 Å². The summed E-state index contributed by atoms with van der Waals surface area (Å²) in [6, 6.07) is 15.0. The number of aromatic amines is 1. The van der Waals surface area contributed by atoms with Gasteiger partial charge in [0.15, 0.2) is 0 Å². The SMILES string of the molecule is CC.CCc1cc(-n2nn[nH]c2=O)ccc1CNC(=O)c1cc(C(=O)NCc2ccc3cc(C)sc3c2)ncn1. The standard InChI is InChI=1S/C26H24N8O3S.C2H6/c1-3-17-10-20(34-26(37)31-32-33-34)7-6-19(17)13-28-25(36)22-11-21(29-14-30-22)24(35)27-12-16-4-5-18-8-15(2)38-23(18)9-16;1-2/h4-11,14H,3,12-13H2,1-2H3,(H,27,35)(H,28,36)(H,31,33,37);1-2H3. The summed E-state index contributed by atoms with van der Waals surface area (Å²) >= 11 is 1.71. The number of tetrazole rings is 1. The topological polar surface area (TPSA) is 148 Å². The molecule has 0 fully saturated rings. The van der Waals surface area contributed by atoms with Gasteiger partial charge < -0.3 is 10.6 Å². The van der Waals surface area contributed by atoms with Crippen molar-refractivity contribution >= 4 is 33.2 Å². The third-order valence-corrected chi connectivity index (χ3v) is 7.03. The van der Waals surface area contributed by atoms with Crippen molar-refractivity contribution in [3.05, 3.63) is 98.3 Å². The number of carbonyl (C=O) groups is 2. The second-order valence-electron chi connectivity index (χ2n) is 8.61.